The van der Waals surface area contributed by atoms with Crippen molar-refractivity contribution in [2.24, 2.45) is 0 Å². The van der Waals surface area contributed by atoms with Crippen molar-refractivity contribution in [2.75, 3.05) is 0 Å². The van der Waals surface area contributed by atoms with Gasteiger partial charge in [-0.3, -0.25) is 0 Å². The molecule has 0 saturated carbocycles. The molecule has 1 N–H and O–H groups in total. The van der Waals surface area contributed by atoms with Crippen molar-refractivity contribution in [3.63, 3.8) is 0 Å². The smallest absolute Gasteiger partial charge is 0.222 e. The lowest BCUT2D eigenvalue weighted by Crippen LogP contribution is -1.94. The highest BCUT2D eigenvalue weighted by Gasteiger charge is 1.98. The second kappa shape index (κ2) is 3.75. The lowest BCUT2D eigenvalue weighted by Gasteiger charge is -1.94. The van der Waals surface area contributed by atoms with E-state index in [-0.39, 0.29) is 11.0 Å². The molecular formula is C5H5ClN2O2S. The van der Waals surface area contributed by atoms with Crippen LogP contribution in [0.2, 0.25) is 5.28 Å². The van der Waals surface area contributed by atoms with Gasteiger partial charge < -0.3 is 4.55 Å². The number of halogens is 1. The molecule has 0 amide bonds. The van der Waals surface area contributed by atoms with Crippen molar-refractivity contribution in [1.29, 1.82) is 0 Å². The van der Waals surface area contributed by atoms with Crippen LogP contribution in [0.15, 0.2) is 12.4 Å². The molecule has 0 aromatic carbocycles. The van der Waals surface area contributed by atoms with Gasteiger partial charge in [0.15, 0.2) is 11.1 Å². The summed E-state index contributed by atoms with van der Waals surface area (Å²) < 4.78 is 18.7. The minimum atomic E-state index is -1.85. The Kier molecular flexibility index (Phi) is 2.92. The minimum Gasteiger partial charge on any atom is -0.306 e. The van der Waals surface area contributed by atoms with Crippen LogP contribution in [0.25, 0.3) is 0 Å². The van der Waals surface area contributed by atoms with Gasteiger partial charge in [-0.05, 0) is 11.6 Å². The van der Waals surface area contributed by atoms with Crippen LogP contribution in [-0.2, 0) is 16.8 Å². The van der Waals surface area contributed by atoms with E-state index in [0.717, 1.165) is 0 Å². The highest BCUT2D eigenvalue weighted by Crippen LogP contribution is 2.02. The fourth-order valence-corrected chi connectivity index (χ4v) is 1.09. The zero-order valence-electron chi connectivity index (χ0n) is 5.40. The molecule has 1 rings (SSSR count). The van der Waals surface area contributed by atoms with Gasteiger partial charge >= 0.3 is 0 Å². The van der Waals surface area contributed by atoms with Crippen LogP contribution in [-0.4, -0.2) is 18.7 Å². The molecule has 1 unspecified atom stereocenters. The lowest BCUT2D eigenvalue weighted by molar-refractivity contribution is 0.563. The van der Waals surface area contributed by atoms with E-state index in [0.29, 0.717) is 5.56 Å². The van der Waals surface area contributed by atoms with E-state index in [2.05, 4.69) is 9.97 Å². The Morgan fingerprint density at radius 2 is 2.09 bits per heavy atom. The Balaban J connectivity index is 2.74. The first kappa shape index (κ1) is 8.58. The van der Waals surface area contributed by atoms with Gasteiger partial charge in [-0.25, -0.2) is 14.2 Å². The molecule has 4 nitrogen and oxygen atoms in total. The molecule has 11 heavy (non-hydrogen) atoms. The molecule has 1 atom stereocenters. The van der Waals surface area contributed by atoms with E-state index in [9.17, 15) is 4.21 Å². The van der Waals surface area contributed by atoms with Crippen LogP contribution < -0.4 is 0 Å². The molecule has 6 heteroatoms. The number of hydrogen-bond donors (Lipinski definition) is 1. The molecular weight excluding hydrogens is 188 g/mol. The Labute approximate surface area is 70.9 Å². The Morgan fingerprint density at radius 3 is 2.55 bits per heavy atom. The summed E-state index contributed by atoms with van der Waals surface area (Å²) in [5.41, 5.74) is 0.593. The maximum atomic E-state index is 10.3. The molecule has 1 aromatic rings. The summed E-state index contributed by atoms with van der Waals surface area (Å²) in [6.45, 7) is 0. The van der Waals surface area contributed by atoms with Crippen molar-refractivity contribution >= 4 is 22.7 Å². The van der Waals surface area contributed by atoms with Crippen molar-refractivity contribution in [2.45, 2.75) is 5.75 Å². The van der Waals surface area contributed by atoms with Crippen molar-refractivity contribution in [1.82, 2.24) is 9.97 Å². The Morgan fingerprint density at radius 1 is 1.55 bits per heavy atom. The van der Waals surface area contributed by atoms with Gasteiger partial charge in [-0.15, -0.1) is 0 Å². The van der Waals surface area contributed by atoms with Gasteiger partial charge in [-0.2, -0.15) is 0 Å². The largest absolute Gasteiger partial charge is 0.306 e. The standard InChI is InChI=1S/C5H5ClN2O2S/c6-5-7-1-4(2-8-5)3-11(9)10/h1-2H,3H2,(H,9,10). The third-order valence-electron chi connectivity index (χ3n) is 0.964. The number of hydrogen-bond acceptors (Lipinski definition) is 3. The fraction of sp³-hybridized carbons (Fsp3) is 0.200. The van der Waals surface area contributed by atoms with Crippen LogP contribution in [0.4, 0.5) is 0 Å². The van der Waals surface area contributed by atoms with Gasteiger partial charge in [0.2, 0.25) is 5.28 Å². The average molecular weight is 193 g/mol. The summed E-state index contributed by atoms with van der Waals surface area (Å²) in [6.07, 6.45) is 2.84. The summed E-state index contributed by atoms with van der Waals surface area (Å²) >= 11 is 3.54. The summed E-state index contributed by atoms with van der Waals surface area (Å²) in [5.74, 6) is 0.0389. The lowest BCUT2D eigenvalue weighted by atomic mass is 10.4. The zero-order valence-corrected chi connectivity index (χ0v) is 6.97. The SMILES string of the molecule is O=S(O)Cc1cnc(Cl)nc1. The molecule has 0 saturated heterocycles. The molecule has 0 aliphatic heterocycles. The highest BCUT2D eigenvalue weighted by atomic mass is 35.5. The van der Waals surface area contributed by atoms with Crippen LogP contribution in [0.1, 0.15) is 5.56 Å². The monoisotopic (exact) mass is 192 g/mol. The van der Waals surface area contributed by atoms with Crippen molar-refractivity contribution < 1.29 is 8.76 Å². The molecule has 0 bridgehead atoms. The maximum Gasteiger partial charge on any atom is 0.222 e. The van der Waals surface area contributed by atoms with Crippen molar-refractivity contribution in [3.8, 4) is 0 Å². The molecule has 1 heterocycles. The van der Waals surface area contributed by atoms with E-state index in [1.807, 2.05) is 0 Å². The number of nitrogens with zero attached hydrogens (tertiary/aromatic N) is 2. The van der Waals surface area contributed by atoms with Crippen LogP contribution in [0.3, 0.4) is 0 Å². The van der Waals surface area contributed by atoms with Crippen LogP contribution in [0, 0.1) is 0 Å². The summed E-state index contributed by atoms with van der Waals surface area (Å²) in [7, 11) is 0. The summed E-state index contributed by atoms with van der Waals surface area (Å²) in [6, 6.07) is 0. The molecule has 1 aromatic heterocycles. The predicted molar refractivity (Wildman–Crippen MR) is 41.5 cm³/mol. The zero-order chi connectivity index (χ0) is 8.27. The average Bonchev–Trinajstić information content (AvgIpc) is 1.93. The summed E-state index contributed by atoms with van der Waals surface area (Å²) in [5, 5.41) is 0.137. The molecule has 0 aliphatic carbocycles. The number of rotatable bonds is 2. The normalized spacial score (nSPS) is 12.9. The topological polar surface area (TPSA) is 63.1 Å². The highest BCUT2D eigenvalue weighted by molar-refractivity contribution is 7.78. The minimum absolute atomic E-state index is 0.0389. The predicted octanol–water partition coefficient (Wildman–Crippen LogP) is 0.852. The Hall–Kier alpha value is -0.520. The quantitative estimate of drug-likeness (QED) is 0.558. The molecule has 0 fully saturated rings. The molecule has 0 radical (unpaired) electrons. The van der Waals surface area contributed by atoms with Gasteiger partial charge in [0.25, 0.3) is 0 Å². The summed E-state index contributed by atoms with van der Waals surface area (Å²) in [4.78, 5) is 7.28. The van der Waals surface area contributed by atoms with Gasteiger partial charge in [-0.1, -0.05) is 0 Å². The van der Waals surface area contributed by atoms with E-state index in [1.54, 1.807) is 0 Å². The third kappa shape index (κ3) is 2.92. The van der Waals surface area contributed by atoms with E-state index < -0.39 is 11.1 Å². The number of aromatic nitrogens is 2. The van der Waals surface area contributed by atoms with Gasteiger partial charge in [0.1, 0.15) is 0 Å². The van der Waals surface area contributed by atoms with E-state index in [4.69, 9.17) is 16.2 Å². The van der Waals surface area contributed by atoms with Gasteiger partial charge in [0, 0.05) is 18.0 Å². The Bertz CT molecular complexity index is 264. The first-order valence-corrected chi connectivity index (χ1v) is 4.38. The third-order valence-corrected chi connectivity index (χ3v) is 1.74. The van der Waals surface area contributed by atoms with Gasteiger partial charge in [0.05, 0.1) is 5.75 Å². The van der Waals surface area contributed by atoms with Crippen LogP contribution >= 0.6 is 11.6 Å². The second-order valence-corrected chi connectivity index (χ2v) is 3.10. The molecule has 0 spiro atoms. The molecule has 60 valence electrons. The van der Waals surface area contributed by atoms with Crippen LogP contribution in [0.5, 0.6) is 0 Å². The van der Waals surface area contributed by atoms with E-state index >= 15 is 0 Å². The first-order chi connectivity index (χ1) is 5.18. The first-order valence-electron chi connectivity index (χ1n) is 2.72. The fourth-order valence-electron chi connectivity index (χ4n) is 0.556. The van der Waals surface area contributed by atoms with Crippen molar-refractivity contribution in [3.05, 3.63) is 23.2 Å². The molecule has 0 aliphatic rings. The second-order valence-electron chi connectivity index (χ2n) is 1.83. The maximum absolute atomic E-state index is 10.3. The van der Waals surface area contributed by atoms with E-state index in [1.165, 1.54) is 12.4 Å².